The van der Waals surface area contributed by atoms with Crippen molar-refractivity contribution in [3.8, 4) is 0 Å². The summed E-state index contributed by atoms with van der Waals surface area (Å²) in [4.78, 5) is 25.7. The minimum Gasteiger partial charge on any atom is -0.385 e. The number of hydrogen-bond donors (Lipinski definition) is 2. The summed E-state index contributed by atoms with van der Waals surface area (Å²) in [6, 6.07) is 1.03. The molecule has 1 aromatic heterocycles. The van der Waals surface area contributed by atoms with Gasteiger partial charge in [-0.15, -0.1) is 0 Å². The molecule has 0 radical (unpaired) electrons. The molecule has 0 aliphatic heterocycles. The van der Waals surface area contributed by atoms with Crippen LogP contribution in [0.1, 0.15) is 23.7 Å². The van der Waals surface area contributed by atoms with Crippen LogP contribution >= 0.6 is 0 Å². The van der Waals surface area contributed by atoms with Gasteiger partial charge in [0.1, 0.15) is 17.6 Å². The van der Waals surface area contributed by atoms with Crippen LogP contribution in [0, 0.1) is 10.1 Å². The molecular formula is C11H16N4O4. The number of carbonyl (C=O) groups excluding carboxylic acids is 1. The van der Waals surface area contributed by atoms with E-state index in [-0.39, 0.29) is 23.1 Å². The van der Waals surface area contributed by atoms with Crippen molar-refractivity contribution in [2.75, 3.05) is 19.5 Å². The number of anilines is 1. The number of nitrogen functional groups attached to an aromatic ring is 1. The first-order valence-corrected chi connectivity index (χ1v) is 5.65. The Kier molecular flexibility index (Phi) is 5.19. The average molecular weight is 268 g/mol. The van der Waals surface area contributed by atoms with Gasteiger partial charge in [0, 0.05) is 19.8 Å². The lowest BCUT2D eigenvalue weighted by molar-refractivity contribution is -0.385. The number of nitrogens with zero attached hydrogens (tertiary/aromatic N) is 2. The highest BCUT2D eigenvalue weighted by Gasteiger charge is 2.22. The number of methoxy groups -OCH3 is 1. The van der Waals surface area contributed by atoms with Gasteiger partial charge < -0.3 is 15.8 Å². The van der Waals surface area contributed by atoms with Gasteiger partial charge in [0.2, 0.25) is 0 Å². The number of carbonyl (C=O) groups is 1. The number of hydrogen-bond acceptors (Lipinski definition) is 6. The smallest absolute Gasteiger partial charge is 0.300 e. The van der Waals surface area contributed by atoms with E-state index < -0.39 is 10.8 Å². The molecule has 0 saturated carbocycles. The van der Waals surface area contributed by atoms with Crippen LogP contribution in [0.2, 0.25) is 0 Å². The highest BCUT2D eigenvalue weighted by atomic mass is 16.6. The summed E-state index contributed by atoms with van der Waals surface area (Å²) in [5.41, 5.74) is 4.98. The zero-order valence-electron chi connectivity index (χ0n) is 10.8. The molecule has 1 unspecified atom stereocenters. The molecule has 1 heterocycles. The van der Waals surface area contributed by atoms with E-state index in [9.17, 15) is 14.9 Å². The summed E-state index contributed by atoms with van der Waals surface area (Å²) >= 11 is 0. The van der Waals surface area contributed by atoms with Gasteiger partial charge in [-0.2, -0.15) is 0 Å². The van der Waals surface area contributed by atoms with Gasteiger partial charge in [0.15, 0.2) is 0 Å². The Bertz CT molecular complexity index is 478. The van der Waals surface area contributed by atoms with Gasteiger partial charge in [-0.05, 0) is 19.4 Å². The molecule has 0 spiro atoms. The third kappa shape index (κ3) is 4.18. The maximum atomic E-state index is 12.0. The number of nitro groups is 1. The van der Waals surface area contributed by atoms with Crippen LogP contribution in [-0.4, -0.2) is 35.6 Å². The highest BCUT2D eigenvalue weighted by molar-refractivity contribution is 5.98. The lowest BCUT2D eigenvalue weighted by Crippen LogP contribution is -2.33. The first-order valence-electron chi connectivity index (χ1n) is 5.65. The summed E-state index contributed by atoms with van der Waals surface area (Å²) in [7, 11) is 1.56. The molecule has 0 saturated heterocycles. The Labute approximate surface area is 110 Å². The van der Waals surface area contributed by atoms with Gasteiger partial charge in [-0.3, -0.25) is 14.9 Å². The monoisotopic (exact) mass is 268 g/mol. The fraction of sp³-hybridized carbons (Fsp3) is 0.455. The van der Waals surface area contributed by atoms with Crippen LogP contribution in [0.25, 0.3) is 0 Å². The van der Waals surface area contributed by atoms with E-state index >= 15 is 0 Å². The largest absolute Gasteiger partial charge is 0.385 e. The van der Waals surface area contributed by atoms with E-state index in [4.69, 9.17) is 10.5 Å². The molecule has 8 nitrogen and oxygen atoms in total. The standard InChI is InChI=1S/C11H16N4O4/c1-7(3-4-19-2)14-11(16)8-5-10(12)13-6-9(8)15(17)18/h5-7H,3-4H2,1-2H3,(H2,12,13)(H,14,16). The number of ether oxygens (including phenoxy) is 1. The maximum absolute atomic E-state index is 12.0. The van der Waals surface area contributed by atoms with Gasteiger partial charge in [-0.1, -0.05) is 0 Å². The first kappa shape index (κ1) is 14.8. The Balaban J connectivity index is 2.86. The fourth-order valence-corrected chi connectivity index (χ4v) is 1.46. The van der Waals surface area contributed by atoms with Crippen molar-refractivity contribution in [2.24, 2.45) is 0 Å². The molecule has 1 amide bonds. The van der Waals surface area contributed by atoms with E-state index in [0.29, 0.717) is 13.0 Å². The molecule has 8 heteroatoms. The van der Waals surface area contributed by atoms with E-state index in [1.54, 1.807) is 14.0 Å². The van der Waals surface area contributed by atoms with Crippen molar-refractivity contribution in [1.29, 1.82) is 0 Å². The molecule has 1 rings (SSSR count). The molecule has 19 heavy (non-hydrogen) atoms. The first-order chi connectivity index (χ1) is 8.95. The molecule has 104 valence electrons. The van der Waals surface area contributed by atoms with Crippen LogP contribution in [0.4, 0.5) is 11.5 Å². The number of amides is 1. The number of nitrogens with one attached hydrogen (secondary N) is 1. The second-order valence-corrected chi connectivity index (χ2v) is 4.04. The van der Waals surface area contributed by atoms with Gasteiger partial charge in [0.25, 0.3) is 11.6 Å². The summed E-state index contributed by atoms with van der Waals surface area (Å²) in [5, 5.41) is 13.5. The van der Waals surface area contributed by atoms with Crippen molar-refractivity contribution in [3.63, 3.8) is 0 Å². The van der Waals surface area contributed by atoms with E-state index in [0.717, 1.165) is 6.20 Å². The van der Waals surface area contributed by atoms with Crippen molar-refractivity contribution >= 4 is 17.4 Å². The zero-order chi connectivity index (χ0) is 14.4. The van der Waals surface area contributed by atoms with Gasteiger partial charge in [0.05, 0.1) is 4.92 Å². The summed E-state index contributed by atoms with van der Waals surface area (Å²) in [5.74, 6) is -0.496. The molecule has 0 bridgehead atoms. The Morgan fingerprint density at radius 3 is 2.95 bits per heavy atom. The van der Waals surface area contributed by atoms with Crippen molar-refractivity contribution in [3.05, 3.63) is 27.9 Å². The third-order valence-electron chi connectivity index (χ3n) is 2.48. The van der Waals surface area contributed by atoms with Crippen LogP contribution in [0.3, 0.4) is 0 Å². The molecule has 1 atom stereocenters. The predicted molar refractivity (Wildman–Crippen MR) is 68.7 cm³/mol. The summed E-state index contributed by atoms with van der Waals surface area (Å²) in [6.07, 6.45) is 1.58. The predicted octanol–water partition coefficient (Wildman–Crippen LogP) is 0.727. The van der Waals surface area contributed by atoms with Crippen molar-refractivity contribution in [2.45, 2.75) is 19.4 Å². The fourth-order valence-electron chi connectivity index (χ4n) is 1.46. The normalized spacial score (nSPS) is 11.9. The number of pyridine rings is 1. The minimum atomic E-state index is -0.666. The molecule has 0 fully saturated rings. The molecule has 0 aliphatic rings. The Morgan fingerprint density at radius 1 is 1.68 bits per heavy atom. The topological polar surface area (TPSA) is 120 Å². The van der Waals surface area contributed by atoms with Crippen molar-refractivity contribution < 1.29 is 14.5 Å². The van der Waals surface area contributed by atoms with Crippen LogP contribution in [0.5, 0.6) is 0 Å². The highest BCUT2D eigenvalue weighted by Crippen LogP contribution is 2.19. The second-order valence-electron chi connectivity index (χ2n) is 4.04. The SMILES string of the molecule is COCCC(C)NC(=O)c1cc(N)ncc1[N+](=O)[O-]. The van der Waals surface area contributed by atoms with Crippen LogP contribution in [0.15, 0.2) is 12.3 Å². The summed E-state index contributed by atoms with van der Waals surface area (Å²) < 4.78 is 4.89. The van der Waals surface area contributed by atoms with Crippen LogP contribution < -0.4 is 11.1 Å². The quantitative estimate of drug-likeness (QED) is 0.579. The summed E-state index contributed by atoms with van der Waals surface area (Å²) in [6.45, 7) is 2.27. The van der Waals surface area contributed by atoms with E-state index in [1.807, 2.05) is 0 Å². The lowest BCUT2D eigenvalue weighted by atomic mass is 10.1. The number of aromatic nitrogens is 1. The number of nitrogens with two attached hydrogens (primary N) is 1. The van der Waals surface area contributed by atoms with E-state index in [2.05, 4.69) is 10.3 Å². The maximum Gasteiger partial charge on any atom is 0.300 e. The Morgan fingerprint density at radius 2 is 2.37 bits per heavy atom. The molecule has 1 aromatic rings. The minimum absolute atomic E-state index is 0.0558. The molecular weight excluding hydrogens is 252 g/mol. The van der Waals surface area contributed by atoms with Crippen molar-refractivity contribution in [1.82, 2.24) is 10.3 Å². The molecule has 3 N–H and O–H groups in total. The zero-order valence-corrected chi connectivity index (χ0v) is 10.8. The molecule has 0 aliphatic carbocycles. The lowest BCUT2D eigenvalue weighted by Gasteiger charge is -2.13. The van der Waals surface area contributed by atoms with E-state index in [1.165, 1.54) is 6.07 Å². The second kappa shape index (κ2) is 6.64. The average Bonchev–Trinajstić information content (AvgIpc) is 2.35. The third-order valence-corrected chi connectivity index (χ3v) is 2.48. The van der Waals surface area contributed by atoms with Gasteiger partial charge in [-0.25, -0.2) is 4.98 Å². The van der Waals surface area contributed by atoms with Crippen LogP contribution in [-0.2, 0) is 4.74 Å². The van der Waals surface area contributed by atoms with Gasteiger partial charge >= 0.3 is 0 Å². The number of rotatable bonds is 6. The molecule has 0 aromatic carbocycles. The Hall–Kier alpha value is -2.22.